The van der Waals surface area contributed by atoms with Crippen LogP contribution in [-0.2, 0) is 9.59 Å². The third-order valence-corrected chi connectivity index (χ3v) is 3.80. The summed E-state index contributed by atoms with van der Waals surface area (Å²) in [4.78, 5) is 27.0. The second kappa shape index (κ2) is 9.73. The van der Waals surface area contributed by atoms with Crippen molar-refractivity contribution in [2.24, 2.45) is 0 Å². The number of carbonyl (C=O) groups is 2. The average Bonchev–Trinajstić information content (AvgIpc) is 2.46. The predicted octanol–water partition coefficient (Wildman–Crippen LogP) is 0.0449. The molecule has 1 heterocycles. The Morgan fingerprint density at radius 3 is 2.43 bits per heavy atom. The molecule has 1 aliphatic rings. The molecule has 1 rings (SSSR count). The van der Waals surface area contributed by atoms with Crippen molar-refractivity contribution in [2.75, 3.05) is 46.8 Å². The lowest BCUT2D eigenvalue weighted by atomic mass is 10.0. The van der Waals surface area contributed by atoms with Crippen molar-refractivity contribution in [2.45, 2.75) is 38.6 Å². The number of likely N-dealkylation sites (tertiary alicyclic amines) is 1. The van der Waals surface area contributed by atoms with Crippen molar-refractivity contribution < 1.29 is 9.59 Å². The fraction of sp³-hybridized carbons (Fsp3) is 0.867. The second-order valence-corrected chi connectivity index (χ2v) is 5.89. The first-order valence-electron chi connectivity index (χ1n) is 7.95. The van der Waals surface area contributed by atoms with Crippen LogP contribution < -0.4 is 10.6 Å². The molecule has 122 valence electrons. The Kier molecular flexibility index (Phi) is 8.30. The van der Waals surface area contributed by atoms with Gasteiger partial charge in [-0.2, -0.15) is 0 Å². The van der Waals surface area contributed by atoms with Crippen LogP contribution in [-0.4, -0.2) is 74.5 Å². The molecule has 0 aromatic rings. The molecule has 6 nitrogen and oxygen atoms in total. The quantitative estimate of drug-likeness (QED) is 0.664. The van der Waals surface area contributed by atoms with Gasteiger partial charge in [0.2, 0.25) is 11.8 Å². The van der Waals surface area contributed by atoms with Gasteiger partial charge in [0.15, 0.2) is 0 Å². The summed E-state index contributed by atoms with van der Waals surface area (Å²) in [6.07, 6.45) is 3.59. The van der Waals surface area contributed by atoms with E-state index in [4.69, 9.17) is 0 Å². The molecule has 1 fully saturated rings. The second-order valence-electron chi connectivity index (χ2n) is 5.89. The van der Waals surface area contributed by atoms with Crippen LogP contribution in [0.1, 0.15) is 32.6 Å². The zero-order valence-corrected chi connectivity index (χ0v) is 13.7. The first-order valence-corrected chi connectivity index (χ1v) is 7.95. The van der Waals surface area contributed by atoms with E-state index in [2.05, 4.69) is 15.5 Å². The zero-order valence-electron chi connectivity index (χ0n) is 13.7. The maximum atomic E-state index is 11.7. The Bertz CT molecular complexity index is 326. The van der Waals surface area contributed by atoms with E-state index in [9.17, 15) is 9.59 Å². The van der Waals surface area contributed by atoms with E-state index in [1.165, 1.54) is 0 Å². The van der Waals surface area contributed by atoms with Gasteiger partial charge in [-0.1, -0.05) is 6.92 Å². The molecule has 0 atom stereocenters. The molecule has 0 saturated carbocycles. The van der Waals surface area contributed by atoms with Gasteiger partial charge in [0, 0.05) is 52.7 Å². The summed E-state index contributed by atoms with van der Waals surface area (Å²) in [5, 5.41) is 6.32. The van der Waals surface area contributed by atoms with Gasteiger partial charge < -0.3 is 15.5 Å². The maximum absolute atomic E-state index is 11.7. The Hall–Kier alpha value is -1.14. The minimum absolute atomic E-state index is 0.123. The number of hydrogen-bond donors (Lipinski definition) is 2. The van der Waals surface area contributed by atoms with Crippen LogP contribution in [0.5, 0.6) is 0 Å². The van der Waals surface area contributed by atoms with Crippen LogP contribution in [0.25, 0.3) is 0 Å². The molecule has 2 amide bonds. The highest BCUT2D eigenvalue weighted by atomic mass is 16.2. The third kappa shape index (κ3) is 7.43. The molecule has 0 aliphatic carbocycles. The number of piperidine rings is 1. The highest BCUT2D eigenvalue weighted by molar-refractivity contribution is 5.77. The summed E-state index contributed by atoms with van der Waals surface area (Å²) in [6.45, 7) is 5.94. The zero-order chi connectivity index (χ0) is 15.7. The van der Waals surface area contributed by atoms with Gasteiger partial charge in [0.25, 0.3) is 0 Å². The van der Waals surface area contributed by atoms with Crippen LogP contribution in [0.4, 0.5) is 0 Å². The van der Waals surface area contributed by atoms with E-state index >= 15 is 0 Å². The molecule has 0 radical (unpaired) electrons. The Balaban J connectivity index is 2.10. The number of nitrogens with one attached hydrogen (secondary N) is 2. The molecule has 0 aromatic carbocycles. The summed E-state index contributed by atoms with van der Waals surface area (Å²) in [6, 6.07) is 0.467. The average molecular weight is 298 g/mol. The summed E-state index contributed by atoms with van der Waals surface area (Å²) in [5.74, 6) is 0.285. The number of likely N-dealkylation sites (N-methyl/N-ethyl adjacent to an activating group) is 1. The van der Waals surface area contributed by atoms with Crippen molar-refractivity contribution >= 4 is 11.8 Å². The summed E-state index contributed by atoms with van der Waals surface area (Å²) < 4.78 is 0. The van der Waals surface area contributed by atoms with Crippen LogP contribution in [0.2, 0.25) is 0 Å². The lowest BCUT2D eigenvalue weighted by molar-refractivity contribution is -0.130. The minimum Gasteiger partial charge on any atom is -0.356 e. The molecule has 1 aliphatic heterocycles. The fourth-order valence-corrected chi connectivity index (χ4v) is 2.37. The standard InChI is InChI=1S/C15H30N4O2/c1-4-8-17-14(20)5-9-16-13-6-10-19(11-7-13)12-15(21)18(2)3/h13,16H,4-12H2,1-3H3,(H,17,20). The molecule has 2 N–H and O–H groups in total. The summed E-state index contributed by atoms with van der Waals surface area (Å²) in [7, 11) is 3.58. The van der Waals surface area contributed by atoms with Crippen molar-refractivity contribution in [3.8, 4) is 0 Å². The predicted molar refractivity (Wildman–Crippen MR) is 84.1 cm³/mol. The Morgan fingerprint density at radius 1 is 1.19 bits per heavy atom. The van der Waals surface area contributed by atoms with Gasteiger partial charge in [-0.3, -0.25) is 14.5 Å². The fourth-order valence-electron chi connectivity index (χ4n) is 2.37. The molecule has 1 saturated heterocycles. The van der Waals surface area contributed by atoms with Gasteiger partial charge in [0.05, 0.1) is 6.54 Å². The minimum atomic E-state index is 0.123. The van der Waals surface area contributed by atoms with E-state index in [1.807, 2.05) is 6.92 Å². The van der Waals surface area contributed by atoms with Crippen LogP contribution in [0.15, 0.2) is 0 Å². The largest absolute Gasteiger partial charge is 0.356 e. The number of rotatable bonds is 8. The maximum Gasteiger partial charge on any atom is 0.236 e. The topological polar surface area (TPSA) is 64.7 Å². The Labute approximate surface area is 128 Å². The number of hydrogen-bond acceptors (Lipinski definition) is 4. The van der Waals surface area contributed by atoms with Crippen molar-refractivity contribution in [1.29, 1.82) is 0 Å². The highest BCUT2D eigenvalue weighted by Crippen LogP contribution is 2.10. The first-order chi connectivity index (χ1) is 10.0. The number of carbonyl (C=O) groups excluding carboxylic acids is 2. The molecule has 21 heavy (non-hydrogen) atoms. The molecular formula is C15H30N4O2. The Morgan fingerprint density at radius 2 is 1.86 bits per heavy atom. The lowest BCUT2D eigenvalue weighted by Crippen LogP contribution is -2.46. The van der Waals surface area contributed by atoms with E-state index in [1.54, 1.807) is 19.0 Å². The van der Waals surface area contributed by atoms with Gasteiger partial charge in [-0.15, -0.1) is 0 Å². The summed E-state index contributed by atoms with van der Waals surface area (Å²) >= 11 is 0. The number of amides is 2. The number of nitrogens with zero attached hydrogens (tertiary/aromatic N) is 2. The smallest absolute Gasteiger partial charge is 0.236 e. The van der Waals surface area contributed by atoms with Crippen molar-refractivity contribution in [3.05, 3.63) is 0 Å². The van der Waals surface area contributed by atoms with Crippen LogP contribution in [0, 0.1) is 0 Å². The lowest BCUT2D eigenvalue weighted by Gasteiger charge is -2.32. The van der Waals surface area contributed by atoms with Crippen molar-refractivity contribution in [1.82, 2.24) is 20.4 Å². The highest BCUT2D eigenvalue weighted by Gasteiger charge is 2.20. The van der Waals surface area contributed by atoms with Crippen molar-refractivity contribution in [3.63, 3.8) is 0 Å². The molecule has 0 spiro atoms. The van der Waals surface area contributed by atoms with E-state index in [0.717, 1.165) is 45.4 Å². The summed E-state index contributed by atoms with van der Waals surface area (Å²) in [5.41, 5.74) is 0. The van der Waals surface area contributed by atoms with E-state index in [-0.39, 0.29) is 11.8 Å². The third-order valence-electron chi connectivity index (χ3n) is 3.80. The van der Waals surface area contributed by atoms with Crippen LogP contribution >= 0.6 is 0 Å². The monoisotopic (exact) mass is 298 g/mol. The normalized spacial score (nSPS) is 16.7. The van der Waals surface area contributed by atoms with E-state index < -0.39 is 0 Å². The SMILES string of the molecule is CCCNC(=O)CCNC1CCN(CC(=O)N(C)C)CC1. The van der Waals surface area contributed by atoms with Gasteiger partial charge in [-0.25, -0.2) is 0 Å². The molecule has 0 aromatic heterocycles. The van der Waals surface area contributed by atoms with Gasteiger partial charge in [0.1, 0.15) is 0 Å². The van der Waals surface area contributed by atoms with Crippen LogP contribution in [0.3, 0.4) is 0 Å². The molecule has 0 bridgehead atoms. The molecule has 6 heteroatoms. The van der Waals surface area contributed by atoms with Gasteiger partial charge >= 0.3 is 0 Å². The van der Waals surface area contributed by atoms with E-state index in [0.29, 0.717) is 19.0 Å². The molecule has 0 unspecified atom stereocenters. The first kappa shape index (κ1) is 17.9. The molecular weight excluding hydrogens is 268 g/mol. The van der Waals surface area contributed by atoms with Gasteiger partial charge in [-0.05, 0) is 19.3 Å².